The largest absolute Gasteiger partial charge is 0.350 e. The summed E-state index contributed by atoms with van der Waals surface area (Å²) in [4.78, 5) is 37.3. The Morgan fingerprint density at radius 3 is 2.92 bits per heavy atom. The number of nitrogens with one attached hydrogen (secondary N) is 1. The van der Waals surface area contributed by atoms with Crippen molar-refractivity contribution in [3.63, 3.8) is 0 Å². The van der Waals surface area contributed by atoms with Crippen LogP contribution in [-0.2, 0) is 11.3 Å². The Kier molecular flexibility index (Phi) is 4.66. The molecule has 1 unspecified atom stereocenters. The minimum Gasteiger partial charge on any atom is -0.350 e. The van der Waals surface area contributed by atoms with E-state index in [-0.39, 0.29) is 23.9 Å². The molecule has 0 saturated heterocycles. The smallest absolute Gasteiger partial charge is 0.257 e. The Balaban J connectivity index is 1.67. The van der Waals surface area contributed by atoms with Gasteiger partial charge in [-0.2, -0.15) is 0 Å². The highest BCUT2D eigenvalue weighted by molar-refractivity contribution is 7.99. The number of fused-ring (bicyclic) bond motifs is 1. The Morgan fingerprint density at radius 1 is 1.38 bits per heavy atom. The van der Waals surface area contributed by atoms with Crippen LogP contribution in [0.15, 0.2) is 22.3 Å². The van der Waals surface area contributed by atoms with Crippen molar-refractivity contribution in [3.05, 3.63) is 45.4 Å². The van der Waals surface area contributed by atoms with Gasteiger partial charge in [-0.1, -0.05) is 11.8 Å². The van der Waals surface area contributed by atoms with Gasteiger partial charge in [-0.15, -0.1) is 0 Å². The lowest BCUT2D eigenvalue weighted by Gasteiger charge is -2.14. The molecule has 1 atom stereocenters. The van der Waals surface area contributed by atoms with Gasteiger partial charge in [0.15, 0.2) is 5.16 Å². The van der Waals surface area contributed by atoms with Crippen LogP contribution in [0.3, 0.4) is 0 Å². The van der Waals surface area contributed by atoms with Gasteiger partial charge in [-0.05, 0) is 26.8 Å². The molecule has 1 aliphatic rings. The predicted octanol–water partition coefficient (Wildman–Crippen LogP) is 1.31. The lowest BCUT2D eigenvalue weighted by Crippen LogP contribution is -2.32. The fourth-order valence-electron chi connectivity index (χ4n) is 2.60. The van der Waals surface area contributed by atoms with E-state index in [0.717, 1.165) is 17.1 Å². The highest BCUT2D eigenvalue weighted by atomic mass is 32.2. The van der Waals surface area contributed by atoms with Gasteiger partial charge >= 0.3 is 0 Å². The lowest BCUT2D eigenvalue weighted by molar-refractivity contribution is -0.121. The van der Waals surface area contributed by atoms with Gasteiger partial charge in [0.25, 0.3) is 5.56 Å². The zero-order valence-corrected chi connectivity index (χ0v) is 14.7. The third-order valence-corrected chi connectivity index (χ3v) is 5.17. The molecule has 1 amide bonds. The molecular weight excluding hydrogens is 326 g/mol. The third kappa shape index (κ3) is 3.33. The third-order valence-electron chi connectivity index (χ3n) is 4.07. The van der Waals surface area contributed by atoms with Crippen molar-refractivity contribution >= 4 is 17.7 Å². The molecule has 8 heteroatoms. The zero-order valence-electron chi connectivity index (χ0n) is 13.9. The molecular formula is C16H19N5O2S. The molecule has 24 heavy (non-hydrogen) atoms. The lowest BCUT2D eigenvalue weighted by atomic mass is 10.2. The highest BCUT2D eigenvalue weighted by Gasteiger charge is 2.28. The van der Waals surface area contributed by atoms with Crippen LogP contribution in [0, 0.1) is 20.8 Å². The molecule has 0 aliphatic carbocycles. The quantitative estimate of drug-likeness (QED) is 0.841. The van der Waals surface area contributed by atoms with Crippen molar-refractivity contribution in [2.45, 2.75) is 44.9 Å². The summed E-state index contributed by atoms with van der Waals surface area (Å²) in [6, 6.07) is 1.68. The molecule has 3 heterocycles. The molecule has 0 bridgehead atoms. The second kappa shape index (κ2) is 6.72. The molecule has 1 N–H and O–H groups in total. The van der Waals surface area contributed by atoms with Gasteiger partial charge in [-0.25, -0.2) is 15.0 Å². The van der Waals surface area contributed by atoms with Gasteiger partial charge in [0, 0.05) is 29.1 Å². The standard InChI is InChI=1S/C16H19N5O2S/c1-9-4-12(19-8-18-9)6-17-14(22)5-13-7-24-16-20-11(3)10(2)15(23)21(13)16/h4,8,13H,5-7H2,1-3H3,(H,17,22). The van der Waals surface area contributed by atoms with Crippen LogP contribution in [0.25, 0.3) is 0 Å². The van der Waals surface area contributed by atoms with Gasteiger partial charge in [0.1, 0.15) is 6.33 Å². The average molecular weight is 345 g/mol. The predicted molar refractivity (Wildman–Crippen MR) is 91.0 cm³/mol. The second-order valence-electron chi connectivity index (χ2n) is 5.88. The number of amides is 1. The first-order chi connectivity index (χ1) is 11.5. The first kappa shape index (κ1) is 16.6. The Morgan fingerprint density at radius 2 is 2.17 bits per heavy atom. The molecule has 0 fully saturated rings. The summed E-state index contributed by atoms with van der Waals surface area (Å²) < 4.78 is 1.65. The van der Waals surface area contributed by atoms with E-state index >= 15 is 0 Å². The number of hydrogen-bond acceptors (Lipinski definition) is 6. The van der Waals surface area contributed by atoms with E-state index in [9.17, 15) is 9.59 Å². The number of aromatic nitrogens is 4. The number of rotatable bonds is 4. The zero-order chi connectivity index (χ0) is 17.3. The first-order valence-electron chi connectivity index (χ1n) is 7.72. The van der Waals surface area contributed by atoms with Gasteiger partial charge < -0.3 is 5.32 Å². The van der Waals surface area contributed by atoms with Crippen LogP contribution >= 0.6 is 11.8 Å². The van der Waals surface area contributed by atoms with E-state index in [1.54, 1.807) is 11.5 Å². The first-order valence-corrected chi connectivity index (χ1v) is 8.71. The molecule has 2 aromatic rings. The minimum atomic E-state index is -0.156. The number of carbonyl (C=O) groups excluding carboxylic acids is 1. The van der Waals surface area contributed by atoms with Gasteiger partial charge in [0.2, 0.25) is 5.91 Å². The second-order valence-corrected chi connectivity index (χ2v) is 6.86. The van der Waals surface area contributed by atoms with Crippen LogP contribution < -0.4 is 10.9 Å². The van der Waals surface area contributed by atoms with E-state index in [1.165, 1.54) is 18.1 Å². The molecule has 1 aliphatic heterocycles. The van der Waals surface area contributed by atoms with Crippen molar-refractivity contribution in [1.82, 2.24) is 24.8 Å². The monoisotopic (exact) mass is 345 g/mol. The molecule has 0 radical (unpaired) electrons. The average Bonchev–Trinajstić information content (AvgIpc) is 2.93. The van der Waals surface area contributed by atoms with Crippen molar-refractivity contribution in [1.29, 1.82) is 0 Å². The van der Waals surface area contributed by atoms with Crippen molar-refractivity contribution in [2.75, 3.05) is 5.75 Å². The summed E-state index contributed by atoms with van der Waals surface area (Å²) in [5.41, 5.74) is 2.97. The van der Waals surface area contributed by atoms with Crippen molar-refractivity contribution in [2.24, 2.45) is 0 Å². The number of carbonyl (C=O) groups is 1. The summed E-state index contributed by atoms with van der Waals surface area (Å²) in [7, 11) is 0. The van der Waals surface area contributed by atoms with Crippen LogP contribution in [0.2, 0.25) is 0 Å². The normalized spacial score (nSPS) is 16.0. The highest BCUT2D eigenvalue weighted by Crippen LogP contribution is 2.32. The van der Waals surface area contributed by atoms with E-state index < -0.39 is 0 Å². The maximum atomic E-state index is 12.5. The van der Waals surface area contributed by atoms with E-state index in [4.69, 9.17) is 0 Å². The van der Waals surface area contributed by atoms with E-state index in [2.05, 4.69) is 20.3 Å². The number of hydrogen-bond donors (Lipinski definition) is 1. The molecule has 0 spiro atoms. The fraction of sp³-hybridized carbons (Fsp3) is 0.438. The molecule has 7 nitrogen and oxygen atoms in total. The van der Waals surface area contributed by atoms with Crippen molar-refractivity contribution < 1.29 is 4.79 Å². The van der Waals surface area contributed by atoms with Crippen LogP contribution in [0.5, 0.6) is 0 Å². The molecule has 0 saturated carbocycles. The Bertz CT molecular complexity index is 849. The summed E-state index contributed by atoms with van der Waals surface area (Å²) >= 11 is 1.52. The number of aryl methyl sites for hydroxylation is 2. The molecule has 2 aromatic heterocycles. The minimum absolute atomic E-state index is 0.0493. The van der Waals surface area contributed by atoms with Crippen LogP contribution in [0.1, 0.15) is 35.1 Å². The maximum Gasteiger partial charge on any atom is 0.257 e. The number of thioether (sulfide) groups is 1. The summed E-state index contributed by atoms with van der Waals surface area (Å²) in [6.45, 7) is 5.84. The molecule has 3 rings (SSSR count). The summed E-state index contributed by atoms with van der Waals surface area (Å²) in [5.74, 6) is 0.584. The van der Waals surface area contributed by atoms with E-state index in [1.807, 2.05) is 19.9 Å². The van der Waals surface area contributed by atoms with Crippen LogP contribution in [-0.4, -0.2) is 31.2 Å². The van der Waals surface area contributed by atoms with Crippen LogP contribution in [0.4, 0.5) is 0 Å². The molecule has 0 aromatic carbocycles. The van der Waals surface area contributed by atoms with Gasteiger partial charge in [-0.3, -0.25) is 14.2 Å². The molecule has 126 valence electrons. The fourth-order valence-corrected chi connectivity index (χ4v) is 3.79. The van der Waals surface area contributed by atoms with E-state index in [0.29, 0.717) is 23.0 Å². The SMILES string of the molecule is Cc1cc(CNC(=O)CC2CSc3nc(C)c(C)c(=O)n32)ncn1. The Labute approximate surface area is 143 Å². The number of nitrogens with zero attached hydrogens (tertiary/aromatic N) is 4. The Hall–Kier alpha value is -2.22. The topological polar surface area (TPSA) is 89.8 Å². The summed E-state index contributed by atoms with van der Waals surface area (Å²) in [5, 5.41) is 3.56. The summed E-state index contributed by atoms with van der Waals surface area (Å²) in [6.07, 6.45) is 1.74. The van der Waals surface area contributed by atoms with Gasteiger partial charge in [0.05, 0.1) is 18.3 Å². The maximum absolute atomic E-state index is 12.5. The van der Waals surface area contributed by atoms with Crippen molar-refractivity contribution in [3.8, 4) is 0 Å².